The number of nitrogens with zero attached hydrogens (tertiary/aromatic N) is 1. The zero-order valence-electron chi connectivity index (χ0n) is 11.0. The molecule has 1 saturated heterocycles. The van der Waals surface area contributed by atoms with Crippen molar-refractivity contribution in [2.24, 2.45) is 5.92 Å². The smallest absolute Gasteiger partial charge is 0.0320 e. The van der Waals surface area contributed by atoms with Crippen LogP contribution in [0.5, 0.6) is 0 Å². The minimum absolute atomic E-state index is 0.536. The van der Waals surface area contributed by atoms with Gasteiger partial charge in [0.1, 0.15) is 0 Å². The van der Waals surface area contributed by atoms with E-state index in [0.717, 1.165) is 5.92 Å². The van der Waals surface area contributed by atoms with Gasteiger partial charge in [0.2, 0.25) is 0 Å². The summed E-state index contributed by atoms with van der Waals surface area (Å²) in [5, 5.41) is 0. The molecular weight excluding hydrogens is 274 g/mol. The maximum absolute atomic E-state index is 3.60. The van der Waals surface area contributed by atoms with E-state index in [-0.39, 0.29) is 0 Å². The maximum atomic E-state index is 3.60. The molecule has 0 radical (unpaired) electrons. The molecule has 94 valence electrons. The number of aryl methyl sites for hydroxylation is 1. The zero-order chi connectivity index (χ0) is 12.4. The average molecular weight is 296 g/mol. The Morgan fingerprint density at radius 1 is 1.35 bits per heavy atom. The lowest BCUT2D eigenvalue weighted by molar-refractivity contribution is 0.139. The number of rotatable bonds is 2. The van der Waals surface area contributed by atoms with Crippen molar-refractivity contribution in [1.29, 1.82) is 0 Å². The molecule has 1 nitrogen and oxygen atoms in total. The Balaban J connectivity index is 2.15. The minimum atomic E-state index is 0.536. The lowest BCUT2D eigenvalue weighted by Crippen LogP contribution is -2.36. The molecule has 2 heteroatoms. The number of piperidine rings is 1. The van der Waals surface area contributed by atoms with E-state index in [2.05, 4.69) is 59.8 Å². The van der Waals surface area contributed by atoms with Crippen molar-refractivity contribution < 1.29 is 0 Å². The normalized spacial score (nSPS) is 23.6. The van der Waals surface area contributed by atoms with Crippen LogP contribution >= 0.6 is 15.9 Å². The largest absolute Gasteiger partial charge is 0.296 e. The lowest BCUT2D eigenvalue weighted by atomic mass is 9.96. The molecule has 1 unspecified atom stereocenters. The van der Waals surface area contributed by atoms with Crippen LogP contribution in [0.4, 0.5) is 0 Å². The van der Waals surface area contributed by atoms with Crippen molar-refractivity contribution >= 4 is 15.9 Å². The highest BCUT2D eigenvalue weighted by atomic mass is 79.9. The Bertz CT molecular complexity index is 368. The summed E-state index contributed by atoms with van der Waals surface area (Å²) in [6, 6.07) is 7.29. The first-order valence-corrected chi connectivity index (χ1v) is 7.36. The quantitative estimate of drug-likeness (QED) is 0.774. The number of benzene rings is 1. The predicted octanol–water partition coefficient (Wildman–Crippen LogP) is 4.55. The van der Waals surface area contributed by atoms with Gasteiger partial charge in [-0.15, -0.1) is 0 Å². The molecule has 1 aliphatic heterocycles. The van der Waals surface area contributed by atoms with Crippen LogP contribution < -0.4 is 0 Å². The van der Waals surface area contributed by atoms with Crippen LogP contribution in [0.3, 0.4) is 0 Å². The summed E-state index contributed by atoms with van der Waals surface area (Å²) in [7, 11) is 0. The van der Waals surface area contributed by atoms with Crippen LogP contribution in [-0.2, 0) is 0 Å². The lowest BCUT2D eigenvalue weighted by Gasteiger charge is -2.36. The van der Waals surface area contributed by atoms with Gasteiger partial charge in [0, 0.05) is 17.1 Å². The Morgan fingerprint density at radius 2 is 2.12 bits per heavy atom. The Hall–Kier alpha value is -0.340. The molecule has 0 amide bonds. The standard InChI is InChI=1S/C15H22BrN/c1-11-5-4-6-17(10-11)13(3)14-7-12(2)8-15(16)9-14/h7-9,11,13H,4-6,10H2,1-3H3/t11-,13?/m0/s1. The first-order chi connectivity index (χ1) is 8.06. The average Bonchev–Trinajstić information content (AvgIpc) is 2.26. The fraction of sp³-hybridized carbons (Fsp3) is 0.600. The van der Waals surface area contributed by atoms with Gasteiger partial charge in [0.15, 0.2) is 0 Å². The minimum Gasteiger partial charge on any atom is -0.296 e. The second-order valence-electron chi connectivity index (χ2n) is 5.48. The fourth-order valence-corrected chi connectivity index (χ4v) is 3.42. The highest BCUT2D eigenvalue weighted by Gasteiger charge is 2.22. The number of hydrogen-bond acceptors (Lipinski definition) is 1. The summed E-state index contributed by atoms with van der Waals surface area (Å²) in [5.74, 6) is 0.847. The van der Waals surface area contributed by atoms with Crippen molar-refractivity contribution in [3.63, 3.8) is 0 Å². The summed E-state index contributed by atoms with van der Waals surface area (Å²) >= 11 is 3.60. The Kier molecular flexibility index (Phi) is 4.26. The molecule has 2 atom stereocenters. The first-order valence-electron chi connectivity index (χ1n) is 6.57. The van der Waals surface area contributed by atoms with Crippen molar-refractivity contribution in [2.45, 2.75) is 39.7 Å². The van der Waals surface area contributed by atoms with Crippen molar-refractivity contribution in [3.05, 3.63) is 33.8 Å². The SMILES string of the molecule is Cc1cc(Br)cc(C(C)N2CCC[C@H](C)C2)c1. The molecule has 17 heavy (non-hydrogen) atoms. The van der Waals surface area contributed by atoms with Crippen LogP contribution in [0.1, 0.15) is 43.9 Å². The van der Waals surface area contributed by atoms with E-state index in [4.69, 9.17) is 0 Å². The summed E-state index contributed by atoms with van der Waals surface area (Å²) in [5.41, 5.74) is 2.78. The molecule has 1 aliphatic rings. The molecule has 1 heterocycles. The molecular formula is C15H22BrN. The van der Waals surface area contributed by atoms with Gasteiger partial charge in [-0.05, 0) is 62.4 Å². The van der Waals surface area contributed by atoms with E-state index in [9.17, 15) is 0 Å². The monoisotopic (exact) mass is 295 g/mol. The van der Waals surface area contributed by atoms with E-state index >= 15 is 0 Å². The zero-order valence-corrected chi connectivity index (χ0v) is 12.6. The second kappa shape index (κ2) is 5.53. The third-order valence-corrected chi connectivity index (χ3v) is 4.24. The fourth-order valence-electron chi connectivity index (χ4n) is 2.79. The predicted molar refractivity (Wildman–Crippen MR) is 77.3 cm³/mol. The summed E-state index contributed by atoms with van der Waals surface area (Å²) < 4.78 is 1.20. The van der Waals surface area contributed by atoms with Gasteiger partial charge < -0.3 is 0 Å². The van der Waals surface area contributed by atoms with Crippen molar-refractivity contribution in [3.8, 4) is 0 Å². The molecule has 0 bridgehead atoms. The van der Waals surface area contributed by atoms with E-state index in [1.165, 1.54) is 41.5 Å². The highest BCUT2D eigenvalue weighted by molar-refractivity contribution is 9.10. The van der Waals surface area contributed by atoms with Gasteiger partial charge in [-0.25, -0.2) is 0 Å². The van der Waals surface area contributed by atoms with Crippen LogP contribution in [0.2, 0.25) is 0 Å². The van der Waals surface area contributed by atoms with E-state index < -0.39 is 0 Å². The Labute approximate surface area is 113 Å². The van der Waals surface area contributed by atoms with Crippen molar-refractivity contribution in [2.75, 3.05) is 13.1 Å². The van der Waals surface area contributed by atoms with Crippen molar-refractivity contribution in [1.82, 2.24) is 4.90 Å². The molecule has 0 aliphatic carbocycles. The molecule has 1 fully saturated rings. The summed E-state index contributed by atoms with van der Waals surface area (Å²) in [6.07, 6.45) is 2.74. The molecule has 0 saturated carbocycles. The van der Waals surface area contributed by atoms with E-state index in [1.807, 2.05) is 0 Å². The second-order valence-corrected chi connectivity index (χ2v) is 6.40. The Morgan fingerprint density at radius 3 is 2.76 bits per heavy atom. The first kappa shape index (κ1) is 13.1. The molecule has 0 N–H and O–H groups in total. The molecule has 1 aromatic rings. The van der Waals surface area contributed by atoms with Gasteiger partial charge in [-0.2, -0.15) is 0 Å². The van der Waals surface area contributed by atoms with Gasteiger partial charge in [-0.3, -0.25) is 4.90 Å². The van der Waals surface area contributed by atoms with Crippen LogP contribution in [0.15, 0.2) is 22.7 Å². The third kappa shape index (κ3) is 3.32. The van der Waals surface area contributed by atoms with Crippen LogP contribution in [-0.4, -0.2) is 18.0 Å². The van der Waals surface area contributed by atoms with Gasteiger partial charge >= 0.3 is 0 Å². The number of hydrogen-bond donors (Lipinski definition) is 0. The molecule has 1 aromatic carbocycles. The van der Waals surface area contributed by atoms with Crippen LogP contribution in [0, 0.1) is 12.8 Å². The van der Waals surface area contributed by atoms with Gasteiger partial charge in [0.05, 0.1) is 0 Å². The molecule has 0 spiro atoms. The third-order valence-electron chi connectivity index (χ3n) is 3.78. The number of likely N-dealkylation sites (tertiary alicyclic amines) is 1. The van der Waals surface area contributed by atoms with E-state index in [1.54, 1.807) is 0 Å². The summed E-state index contributed by atoms with van der Waals surface area (Å²) in [4.78, 5) is 2.62. The van der Waals surface area contributed by atoms with Crippen LogP contribution in [0.25, 0.3) is 0 Å². The van der Waals surface area contributed by atoms with Gasteiger partial charge in [0.25, 0.3) is 0 Å². The highest BCUT2D eigenvalue weighted by Crippen LogP contribution is 2.28. The summed E-state index contributed by atoms with van der Waals surface area (Å²) in [6.45, 7) is 9.36. The van der Waals surface area contributed by atoms with E-state index in [0.29, 0.717) is 6.04 Å². The number of halogens is 1. The maximum Gasteiger partial charge on any atom is 0.0320 e. The molecule has 2 rings (SSSR count). The topological polar surface area (TPSA) is 3.24 Å². The van der Waals surface area contributed by atoms with Gasteiger partial charge in [-0.1, -0.05) is 28.9 Å². The molecule has 0 aromatic heterocycles.